The van der Waals surface area contributed by atoms with E-state index in [0.29, 0.717) is 18.7 Å². The molecule has 0 bridgehead atoms. The first-order valence-corrected chi connectivity index (χ1v) is 6.97. The predicted octanol–water partition coefficient (Wildman–Crippen LogP) is 2.68. The Labute approximate surface area is 126 Å². The molecular weight excluding hydrogens is 299 g/mol. The normalized spacial score (nSPS) is 18.8. The summed E-state index contributed by atoms with van der Waals surface area (Å²) in [6, 6.07) is 1.37. The first-order chi connectivity index (χ1) is 9.99. The highest BCUT2D eigenvalue weighted by molar-refractivity contribution is 6.31. The second kappa shape index (κ2) is 6.30. The third-order valence-electron chi connectivity index (χ3n) is 3.42. The van der Waals surface area contributed by atoms with Crippen molar-refractivity contribution < 1.29 is 19.1 Å². The number of nitrogens with zero attached hydrogens (tertiary/aromatic N) is 1. The van der Waals surface area contributed by atoms with Gasteiger partial charge in [-0.25, -0.2) is 4.39 Å². The minimum absolute atomic E-state index is 0.0918. The van der Waals surface area contributed by atoms with Crippen molar-refractivity contribution in [3.63, 3.8) is 0 Å². The fraction of sp³-hybridized carbons (Fsp3) is 0.429. The van der Waals surface area contributed by atoms with Gasteiger partial charge in [0, 0.05) is 30.0 Å². The maximum absolute atomic E-state index is 14.5. The summed E-state index contributed by atoms with van der Waals surface area (Å²) in [7, 11) is 0. The molecule has 1 aliphatic heterocycles. The topological polar surface area (TPSA) is 70.9 Å². The van der Waals surface area contributed by atoms with E-state index < -0.39 is 5.82 Å². The zero-order chi connectivity index (χ0) is 15.6. The Bertz CT molecular complexity index is 604. The standard InChI is InChI=1S/C14H16ClFN2O3/c1-3-21-14-9(7(2)18-20)5-10(15)13(16)12(14)8-4-11(19)17-6-8/h5,8,20H,3-4,6H2,1-2H3,(H,17,19)/b18-7+. The Morgan fingerprint density at radius 1 is 1.67 bits per heavy atom. The van der Waals surface area contributed by atoms with Gasteiger partial charge < -0.3 is 15.3 Å². The van der Waals surface area contributed by atoms with Crippen molar-refractivity contribution in [1.82, 2.24) is 5.32 Å². The number of hydrogen-bond donors (Lipinski definition) is 2. The van der Waals surface area contributed by atoms with Gasteiger partial charge in [0.25, 0.3) is 0 Å². The van der Waals surface area contributed by atoms with Crippen LogP contribution in [0.15, 0.2) is 11.2 Å². The molecule has 1 heterocycles. The SMILES string of the molecule is CCOc1c(/C(C)=N/O)cc(Cl)c(F)c1C1CNC(=O)C1. The zero-order valence-electron chi connectivity index (χ0n) is 11.7. The van der Waals surface area contributed by atoms with E-state index in [4.69, 9.17) is 21.5 Å². The molecule has 1 aromatic carbocycles. The molecule has 0 radical (unpaired) electrons. The van der Waals surface area contributed by atoms with Gasteiger partial charge in [-0.2, -0.15) is 0 Å². The molecule has 21 heavy (non-hydrogen) atoms. The third-order valence-corrected chi connectivity index (χ3v) is 3.70. The lowest BCUT2D eigenvalue weighted by Crippen LogP contribution is -2.15. The van der Waals surface area contributed by atoms with E-state index in [-0.39, 0.29) is 40.3 Å². The summed E-state index contributed by atoms with van der Waals surface area (Å²) >= 11 is 5.93. The number of hydrogen-bond acceptors (Lipinski definition) is 4. The summed E-state index contributed by atoms with van der Waals surface area (Å²) in [6.45, 7) is 3.97. The average molecular weight is 315 g/mol. The molecule has 0 aromatic heterocycles. The molecule has 0 spiro atoms. The van der Waals surface area contributed by atoms with Gasteiger partial charge in [0.15, 0.2) is 0 Å². The first kappa shape index (κ1) is 15.6. The molecular formula is C14H16ClFN2O3. The Morgan fingerprint density at radius 2 is 2.38 bits per heavy atom. The molecule has 2 N–H and O–H groups in total. The fourth-order valence-electron chi connectivity index (χ4n) is 2.43. The molecule has 1 unspecified atom stereocenters. The van der Waals surface area contributed by atoms with E-state index in [1.165, 1.54) is 6.07 Å². The lowest BCUT2D eigenvalue weighted by Gasteiger charge is -2.19. The van der Waals surface area contributed by atoms with E-state index in [2.05, 4.69) is 10.5 Å². The summed E-state index contributed by atoms with van der Waals surface area (Å²) in [5.41, 5.74) is 0.930. The van der Waals surface area contributed by atoms with Crippen molar-refractivity contribution in [2.45, 2.75) is 26.2 Å². The van der Waals surface area contributed by atoms with Crippen molar-refractivity contribution >= 4 is 23.2 Å². The molecule has 1 atom stereocenters. The number of benzene rings is 1. The smallest absolute Gasteiger partial charge is 0.220 e. The summed E-state index contributed by atoms with van der Waals surface area (Å²) in [4.78, 5) is 11.4. The lowest BCUT2D eigenvalue weighted by molar-refractivity contribution is -0.119. The zero-order valence-corrected chi connectivity index (χ0v) is 12.5. The van der Waals surface area contributed by atoms with E-state index in [9.17, 15) is 9.18 Å². The van der Waals surface area contributed by atoms with Crippen LogP contribution in [0.1, 0.15) is 37.3 Å². The Balaban J connectivity index is 2.64. The summed E-state index contributed by atoms with van der Waals surface area (Å²) in [6.07, 6.45) is 0.173. The Hall–Kier alpha value is -1.82. The number of halogens is 2. The van der Waals surface area contributed by atoms with Crippen LogP contribution in [-0.4, -0.2) is 30.0 Å². The molecule has 5 nitrogen and oxygen atoms in total. The molecule has 114 valence electrons. The molecule has 1 aliphatic rings. The quantitative estimate of drug-likeness (QED) is 0.510. The maximum atomic E-state index is 14.5. The third kappa shape index (κ3) is 2.95. The minimum atomic E-state index is -0.601. The Morgan fingerprint density at radius 3 is 2.90 bits per heavy atom. The van der Waals surface area contributed by atoms with Gasteiger partial charge in [0.05, 0.1) is 17.3 Å². The highest BCUT2D eigenvalue weighted by Crippen LogP contribution is 2.39. The highest BCUT2D eigenvalue weighted by Gasteiger charge is 2.31. The second-order valence-corrected chi connectivity index (χ2v) is 5.19. The Kier molecular flexibility index (Phi) is 4.67. The number of nitrogens with one attached hydrogen (secondary N) is 1. The van der Waals surface area contributed by atoms with Gasteiger partial charge in [-0.3, -0.25) is 4.79 Å². The number of ether oxygens (including phenoxy) is 1. The second-order valence-electron chi connectivity index (χ2n) is 4.79. The van der Waals surface area contributed by atoms with Gasteiger partial charge in [0.2, 0.25) is 5.91 Å². The predicted molar refractivity (Wildman–Crippen MR) is 76.9 cm³/mol. The number of carbonyl (C=O) groups excluding carboxylic acids is 1. The van der Waals surface area contributed by atoms with Crippen LogP contribution in [0.25, 0.3) is 0 Å². The molecule has 1 saturated heterocycles. The molecule has 0 saturated carbocycles. The summed E-state index contributed by atoms with van der Waals surface area (Å²) in [5, 5.41) is 14.7. The van der Waals surface area contributed by atoms with Gasteiger partial charge in [-0.15, -0.1) is 0 Å². The molecule has 1 fully saturated rings. The van der Waals surface area contributed by atoms with Crippen LogP contribution in [-0.2, 0) is 4.79 Å². The summed E-state index contributed by atoms with van der Waals surface area (Å²) < 4.78 is 20.0. The van der Waals surface area contributed by atoms with Crippen molar-refractivity contribution in [2.75, 3.05) is 13.2 Å². The van der Waals surface area contributed by atoms with Crippen LogP contribution < -0.4 is 10.1 Å². The van der Waals surface area contributed by atoms with Crippen molar-refractivity contribution in [3.8, 4) is 5.75 Å². The lowest BCUT2D eigenvalue weighted by atomic mass is 9.93. The number of amides is 1. The van der Waals surface area contributed by atoms with Gasteiger partial charge in [-0.1, -0.05) is 16.8 Å². The van der Waals surface area contributed by atoms with Crippen LogP contribution >= 0.6 is 11.6 Å². The van der Waals surface area contributed by atoms with Crippen LogP contribution in [0, 0.1) is 5.82 Å². The van der Waals surface area contributed by atoms with Gasteiger partial charge >= 0.3 is 0 Å². The largest absolute Gasteiger partial charge is 0.493 e. The van der Waals surface area contributed by atoms with Crippen molar-refractivity contribution in [3.05, 3.63) is 28.0 Å². The van der Waals surface area contributed by atoms with Crippen molar-refractivity contribution in [2.24, 2.45) is 5.16 Å². The fourth-order valence-corrected chi connectivity index (χ4v) is 2.64. The first-order valence-electron chi connectivity index (χ1n) is 6.60. The monoisotopic (exact) mass is 314 g/mol. The minimum Gasteiger partial charge on any atom is -0.493 e. The summed E-state index contributed by atoms with van der Waals surface area (Å²) in [5.74, 6) is -0.828. The molecule has 2 rings (SSSR count). The van der Waals surface area contributed by atoms with E-state index in [1.54, 1.807) is 13.8 Å². The van der Waals surface area contributed by atoms with Crippen LogP contribution in [0.3, 0.4) is 0 Å². The van der Waals surface area contributed by atoms with Gasteiger partial charge in [-0.05, 0) is 19.9 Å². The van der Waals surface area contributed by atoms with Gasteiger partial charge in [0.1, 0.15) is 11.6 Å². The molecule has 1 amide bonds. The van der Waals surface area contributed by atoms with Crippen molar-refractivity contribution in [1.29, 1.82) is 0 Å². The molecule has 1 aromatic rings. The van der Waals surface area contributed by atoms with Crippen LogP contribution in [0.4, 0.5) is 4.39 Å². The number of oxime groups is 1. The highest BCUT2D eigenvalue weighted by atomic mass is 35.5. The van der Waals surface area contributed by atoms with Crippen LogP contribution in [0.5, 0.6) is 5.75 Å². The molecule has 7 heteroatoms. The maximum Gasteiger partial charge on any atom is 0.220 e. The van der Waals surface area contributed by atoms with E-state index >= 15 is 0 Å². The number of rotatable bonds is 4. The van der Waals surface area contributed by atoms with E-state index in [1.807, 2.05) is 0 Å². The van der Waals surface area contributed by atoms with E-state index in [0.717, 1.165) is 0 Å². The number of carbonyl (C=O) groups is 1. The van der Waals surface area contributed by atoms with Crippen LogP contribution in [0.2, 0.25) is 5.02 Å². The average Bonchev–Trinajstić information content (AvgIpc) is 2.88. The molecule has 0 aliphatic carbocycles.